The van der Waals surface area contributed by atoms with E-state index in [1.807, 2.05) is 35.2 Å². The fourth-order valence-corrected chi connectivity index (χ4v) is 3.94. The van der Waals surface area contributed by atoms with E-state index in [1.165, 1.54) is 0 Å². The number of piperazine rings is 1. The molecule has 0 spiro atoms. The molecule has 2 aromatic rings. The van der Waals surface area contributed by atoms with Crippen LogP contribution in [-0.2, 0) is 0 Å². The van der Waals surface area contributed by atoms with Crippen LogP contribution in [0.5, 0.6) is 0 Å². The van der Waals surface area contributed by atoms with Gasteiger partial charge in [0.2, 0.25) is 0 Å². The molecule has 2 aliphatic rings. The van der Waals surface area contributed by atoms with Crippen molar-refractivity contribution >= 4 is 17.5 Å². The van der Waals surface area contributed by atoms with E-state index in [0.717, 1.165) is 56.8 Å². The third-order valence-electron chi connectivity index (χ3n) is 5.28. The summed E-state index contributed by atoms with van der Waals surface area (Å²) in [6.07, 6.45) is 4.50. The van der Waals surface area contributed by atoms with Gasteiger partial charge in [-0.2, -0.15) is 0 Å². The molecule has 0 saturated carbocycles. The van der Waals surface area contributed by atoms with Crippen LogP contribution in [0.2, 0.25) is 5.02 Å². The van der Waals surface area contributed by atoms with Crippen molar-refractivity contribution in [3.63, 3.8) is 0 Å². The molecule has 1 aromatic heterocycles. The molecule has 1 amide bonds. The molecule has 5 nitrogen and oxygen atoms in total. The normalized spacial score (nSPS) is 21.1. The number of aromatic nitrogens is 1. The van der Waals surface area contributed by atoms with Crippen LogP contribution in [0.15, 0.2) is 42.7 Å². The number of carbonyl (C=O) groups is 1. The van der Waals surface area contributed by atoms with Crippen LogP contribution in [-0.4, -0.2) is 66.0 Å². The summed E-state index contributed by atoms with van der Waals surface area (Å²) >= 11 is 5.96. The van der Waals surface area contributed by atoms with Gasteiger partial charge in [-0.05, 0) is 30.2 Å². The Morgan fingerprint density at radius 3 is 2.62 bits per heavy atom. The van der Waals surface area contributed by atoms with Gasteiger partial charge >= 0.3 is 0 Å². The van der Waals surface area contributed by atoms with Gasteiger partial charge in [0.25, 0.3) is 5.91 Å². The van der Waals surface area contributed by atoms with Crippen molar-refractivity contribution in [2.45, 2.75) is 12.5 Å². The van der Waals surface area contributed by atoms with E-state index < -0.39 is 0 Å². The maximum Gasteiger partial charge on any atom is 0.255 e. The zero-order valence-electron chi connectivity index (χ0n) is 14.7. The van der Waals surface area contributed by atoms with Gasteiger partial charge in [-0.3, -0.25) is 14.7 Å². The predicted octanol–water partition coefficient (Wildman–Crippen LogP) is 2.52. The first-order valence-corrected chi connectivity index (χ1v) is 9.53. The van der Waals surface area contributed by atoms with Gasteiger partial charge in [-0.1, -0.05) is 23.7 Å². The fourth-order valence-electron chi connectivity index (χ4n) is 3.81. The molecule has 0 aliphatic carbocycles. The second-order valence-corrected chi connectivity index (χ2v) is 7.39. The van der Waals surface area contributed by atoms with Gasteiger partial charge in [-0.25, -0.2) is 0 Å². The average molecular weight is 371 g/mol. The third-order valence-corrected chi connectivity index (χ3v) is 5.53. The van der Waals surface area contributed by atoms with Crippen molar-refractivity contribution in [2.75, 3.05) is 39.3 Å². The van der Waals surface area contributed by atoms with Crippen molar-refractivity contribution < 1.29 is 4.79 Å². The number of nitrogens with one attached hydrogen (secondary N) is 1. The SMILES string of the molecule is O=C(c1cncc(-c2ccc(Cl)cc2)c1)N1CCC(N2CCNCC2)C1. The molecule has 3 heterocycles. The van der Waals surface area contributed by atoms with Crippen molar-refractivity contribution in [1.29, 1.82) is 0 Å². The Labute approximate surface area is 159 Å². The first-order valence-electron chi connectivity index (χ1n) is 9.16. The molecule has 2 aliphatic heterocycles. The number of likely N-dealkylation sites (tertiary alicyclic amines) is 1. The second kappa shape index (κ2) is 7.74. The van der Waals surface area contributed by atoms with E-state index in [0.29, 0.717) is 16.6 Å². The summed E-state index contributed by atoms with van der Waals surface area (Å²) < 4.78 is 0. The topological polar surface area (TPSA) is 48.5 Å². The molecular weight excluding hydrogens is 348 g/mol. The molecule has 1 N–H and O–H groups in total. The summed E-state index contributed by atoms with van der Waals surface area (Å²) in [7, 11) is 0. The van der Waals surface area contributed by atoms with Crippen molar-refractivity contribution in [2.24, 2.45) is 0 Å². The minimum absolute atomic E-state index is 0.0750. The summed E-state index contributed by atoms with van der Waals surface area (Å²) in [6, 6.07) is 10.0. The highest BCUT2D eigenvalue weighted by Gasteiger charge is 2.31. The van der Waals surface area contributed by atoms with Crippen LogP contribution in [0.1, 0.15) is 16.8 Å². The third kappa shape index (κ3) is 3.75. The summed E-state index contributed by atoms with van der Waals surface area (Å²) in [5, 5.41) is 4.08. The predicted molar refractivity (Wildman–Crippen MR) is 103 cm³/mol. The van der Waals surface area contributed by atoms with Gasteiger partial charge in [0.1, 0.15) is 0 Å². The van der Waals surface area contributed by atoms with Crippen LogP contribution >= 0.6 is 11.6 Å². The molecule has 0 radical (unpaired) electrons. The number of pyridine rings is 1. The lowest BCUT2D eigenvalue weighted by molar-refractivity contribution is 0.0773. The number of nitrogens with zero attached hydrogens (tertiary/aromatic N) is 3. The Kier molecular flexibility index (Phi) is 5.20. The van der Waals surface area contributed by atoms with Gasteiger partial charge in [0, 0.05) is 68.3 Å². The van der Waals surface area contributed by atoms with Gasteiger partial charge in [0.15, 0.2) is 0 Å². The minimum Gasteiger partial charge on any atom is -0.337 e. The van der Waals surface area contributed by atoms with Gasteiger partial charge in [-0.15, -0.1) is 0 Å². The molecule has 2 saturated heterocycles. The highest BCUT2D eigenvalue weighted by Crippen LogP contribution is 2.23. The molecule has 1 unspecified atom stereocenters. The Balaban J connectivity index is 1.46. The number of rotatable bonds is 3. The zero-order chi connectivity index (χ0) is 17.9. The maximum atomic E-state index is 12.9. The smallest absolute Gasteiger partial charge is 0.255 e. The average Bonchev–Trinajstić information content (AvgIpc) is 3.19. The van der Waals surface area contributed by atoms with Crippen LogP contribution in [0.4, 0.5) is 0 Å². The second-order valence-electron chi connectivity index (χ2n) is 6.95. The highest BCUT2D eigenvalue weighted by molar-refractivity contribution is 6.30. The molecule has 2 fully saturated rings. The summed E-state index contributed by atoms with van der Waals surface area (Å²) in [6.45, 7) is 5.85. The summed E-state index contributed by atoms with van der Waals surface area (Å²) in [4.78, 5) is 21.7. The van der Waals surface area contributed by atoms with Crippen LogP contribution in [0, 0.1) is 0 Å². The molecule has 26 heavy (non-hydrogen) atoms. The minimum atomic E-state index is 0.0750. The number of hydrogen-bond acceptors (Lipinski definition) is 4. The molecule has 1 aromatic carbocycles. The Hall–Kier alpha value is -1.95. The standard InChI is InChI=1S/C20H23ClN4O/c21-18-3-1-15(2-4-18)16-11-17(13-23-12-16)20(26)25-8-5-19(14-25)24-9-6-22-7-10-24/h1-4,11-13,19,22H,5-10,14H2. The first kappa shape index (κ1) is 17.5. The van der Waals surface area contributed by atoms with Crippen LogP contribution in [0.3, 0.4) is 0 Å². The van der Waals surface area contributed by atoms with E-state index in [9.17, 15) is 4.79 Å². The molecule has 136 valence electrons. The fraction of sp³-hybridized carbons (Fsp3) is 0.400. The maximum absolute atomic E-state index is 12.9. The van der Waals surface area contributed by atoms with E-state index in [-0.39, 0.29) is 5.91 Å². The molecule has 4 rings (SSSR count). The molecule has 6 heteroatoms. The van der Waals surface area contributed by atoms with E-state index in [2.05, 4.69) is 15.2 Å². The van der Waals surface area contributed by atoms with E-state index >= 15 is 0 Å². The monoisotopic (exact) mass is 370 g/mol. The number of benzene rings is 1. The van der Waals surface area contributed by atoms with Gasteiger partial charge in [0.05, 0.1) is 5.56 Å². The molecule has 0 bridgehead atoms. The Morgan fingerprint density at radius 1 is 1.08 bits per heavy atom. The first-order chi connectivity index (χ1) is 12.7. The Bertz CT molecular complexity index is 774. The number of amides is 1. The number of carbonyl (C=O) groups excluding carboxylic acids is 1. The van der Waals surface area contributed by atoms with Crippen molar-refractivity contribution in [3.8, 4) is 11.1 Å². The van der Waals surface area contributed by atoms with Crippen LogP contribution < -0.4 is 5.32 Å². The van der Waals surface area contributed by atoms with E-state index in [4.69, 9.17) is 11.6 Å². The zero-order valence-corrected chi connectivity index (χ0v) is 15.5. The largest absolute Gasteiger partial charge is 0.337 e. The van der Waals surface area contributed by atoms with Crippen molar-refractivity contribution in [3.05, 3.63) is 53.3 Å². The Morgan fingerprint density at radius 2 is 1.85 bits per heavy atom. The number of hydrogen-bond donors (Lipinski definition) is 1. The lowest BCUT2D eigenvalue weighted by Crippen LogP contribution is -2.49. The van der Waals surface area contributed by atoms with Crippen molar-refractivity contribution in [1.82, 2.24) is 20.1 Å². The molecule has 1 atom stereocenters. The quantitative estimate of drug-likeness (QED) is 0.902. The lowest BCUT2D eigenvalue weighted by Gasteiger charge is -2.32. The summed E-state index contributed by atoms with van der Waals surface area (Å²) in [5.74, 6) is 0.0750. The van der Waals surface area contributed by atoms with E-state index in [1.54, 1.807) is 12.4 Å². The van der Waals surface area contributed by atoms with Gasteiger partial charge < -0.3 is 10.2 Å². The lowest BCUT2D eigenvalue weighted by atomic mass is 10.1. The molecular formula is C20H23ClN4O. The van der Waals surface area contributed by atoms with Crippen LogP contribution in [0.25, 0.3) is 11.1 Å². The number of halogens is 1. The highest BCUT2D eigenvalue weighted by atomic mass is 35.5. The summed E-state index contributed by atoms with van der Waals surface area (Å²) in [5.41, 5.74) is 2.60.